The Balaban J connectivity index is 2.68. The second-order valence-corrected chi connectivity index (χ2v) is 3.60. The van der Waals surface area contributed by atoms with E-state index in [0.717, 1.165) is 12.2 Å². The Morgan fingerprint density at radius 1 is 1.64 bits per heavy atom. The molecule has 0 aromatic carbocycles. The molecule has 0 fully saturated rings. The van der Waals surface area contributed by atoms with Crippen LogP contribution in [0.25, 0.3) is 0 Å². The van der Waals surface area contributed by atoms with Gasteiger partial charge in [-0.25, -0.2) is 4.98 Å². The molecule has 1 heterocycles. The lowest BCUT2D eigenvalue weighted by Crippen LogP contribution is -2.12. The molecule has 0 spiro atoms. The second-order valence-electron chi connectivity index (χ2n) is 2.66. The minimum absolute atomic E-state index is 0.548. The summed E-state index contributed by atoms with van der Waals surface area (Å²) in [5.74, 6) is 0. The van der Waals surface area contributed by atoms with E-state index in [4.69, 9.17) is 5.73 Å². The van der Waals surface area contributed by atoms with Crippen LogP contribution in [0.1, 0.15) is 10.6 Å². The lowest BCUT2D eigenvalue weighted by molar-refractivity contribution is 0.404. The molecule has 0 bridgehead atoms. The predicted molar refractivity (Wildman–Crippen MR) is 47.4 cm³/mol. The highest BCUT2D eigenvalue weighted by atomic mass is 32.1. The van der Waals surface area contributed by atoms with Crippen LogP contribution in [0.15, 0.2) is 5.51 Å². The number of aromatic nitrogens is 1. The van der Waals surface area contributed by atoms with E-state index in [1.165, 1.54) is 4.88 Å². The zero-order valence-corrected chi connectivity index (χ0v) is 7.69. The van der Waals surface area contributed by atoms with E-state index in [-0.39, 0.29) is 0 Å². The van der Waals surface area contributed by atoms with Crippen LogP contribution in [0, 0.1) is 0 Å². The normalized spacial score (nSPS) is 10.9. The van der Waals surface area contributed by atoms with Crippen molar-refractivity contribution < 1.29 is 0 Å². The van der Waals surface area contributed by atoms with E-state index in [1.807, 2.05) is 19.6 Å². The monoisotopic (exact) mass is 171 g/mol. The van der Waals surface area contributed by atoms with Crippen LogP contribution in [0.5, 0.6) is 0 Å². The third-order valence-corrected chi connectivity index (χ3v) is 2.24. The molecule has 0 saturated heterocycles. The third-order valence-electron chi connectivity index (χ3n) is 1.38. The molecule has 4 heteroatoms. The lowest BCUT2D eigenvalue weighted by Gasteiger charge is -2.07. The van der Waals surface area contributed by atoms with E-state index in [1.54, 1.807) is 11.3 Å². The zero-order chi connectivity index (χ0) is 8.27. The third kappa shape index (κ3) is 2.25. The van der Waals surface area contributed by atoms with E-state index in [9.17, 15) is 0 Å². The van der Waals surface area contributed by atoms with Gasteiger partial charge in [-0.15, -0.1) is 11.3 Å². The van der Waals surface area contributed by atoms with Gasteiger partial charge in [0.05, 0.1) is 11.2 Å². The summed E-state index contributed by atoms with van der Waals surface area (Å²) >= 11 is 1.67. The Kier molecular flexibility index (Phi) is 2.99. The summed E-state index contributed by atoms with van der Waals surface area (Å²) in [5.41, 5.74) is 8.38. The largest absolute Gasteiger partial charge is 0.325 e. The number of rotatable bonds is 3. The Hall–Kier alpha value is -0.450. The number of nitrogens with two attached hydrogens (primary N) is 1. The minimum atomic E-state index is 0.548. The van der Waals surface area contributed by atoms with Crippen LogP contribution in [-0.2, 0) is 13.1 Å². The molecule has 1 aromatic rings. The molecule has 0 amide bonds. The maximum Gasteiger partial charge on any atom is 0.0798 e. The number of hydrogen-bond donors (Lipinski definition) is 1. The van der Waals surface area contributed by atoms with Gasteiger partial charge >= 0.3 is 0 Å². The molecule has 0 saturated carbocycles. The van der Waals surface area contributed by atoms with Crippen molar-refractivity contribution >= 4 is 11.3 Å². The van der Waals surface area contributed by atoms with Gasteiger partial charge in [-0.1, -0.05) is 0 Å². The molecular formula is C7H13N3S. The smallest absolute Gasteiger partial charge is 0.0798 e. The summed E-state index contributed by atoms with van der Waals surface area (Å²) in [6.07, 6.45) is 0. The fourth-order valence-electron chi connectivity index (χ4n) is 0.876. The fraction of sp³-hybridized carbons (Fsp3) is 0.571. The van der Waals surface area contributed by atoms with Crippen molar-refractivity contribution in [2.75, 3.05) is 14.1 Å². The molecule has 0 aliphatic rings. The Labute approximate surface area is 70.9 Å². The Morgan fingerprint density at radius 3 is 2.91 bits per heavy atom. The predicted octanol–water partition coefficient (Wildman–Crippen LogP) is 0.663. The van der Waals surface area contributed by atoms with Crippen molar-refractivity contribution in [2.24, 2.45) is 5.73 Å². The SMILES string of the molecule is CN(C)Cc1scnc1CN. The summed E-state index contributed by atoms with van der Waals surface area (Å²) in [5, 5.41) is 0. The molecule has 1 aromatic heterocycles. The minimum Gasteiger partial charge on any atom is -0.325 e. The average Bonchev–Trinajstić information content (AvgIpc) is 2.34. The number of thiazole rings is 1. The van der Waals surface area contributed by atoms with Crippen molar-refractivity contribution in [1.82, 2.24) is 9.88 Å². The van der Waals surface area contributed by atoms with Crippen molar-refractivity contribution in [2.45, 2.75) is 13.1 Å². The van der Waals surface area contributed by atoms with Crippen LogP contribution in [0.3, 0.4) is 0 Å². The standard InChI is InChI=1S/C7H13N3S/c1-10(2)4-7-6(3-8)9-5-11-7/h5H,3-4,8H2,1-2H3. The highest BCUT2D eigenvalue weighted by Gasteiger charge is 2.03. The zero-order valence-electron chi connectivity index (χ0n) is 6.87. The fourth-order valence-corrected chi connectivity index (χ4v) is 1.79. The molecule has 1 rings (SSSR count). The molecule has 11 heavy (non-hydrogen) atoms. The highest BCUT2D eigenvalue weighted by Crippen LogP contribution is 2.13. The first-order valence-corrected chi connectivity index (χ1v) is 4.38. The molecule has 2 N–H and O–H groups in total. The topological polar surface area (TPSA) is 42.2 Å². The van der Waals surface area contributed by atoms with Crippen LogP contribution in [0.2, 0.25) is 0 Å². The summed E-state index contributed by atoms with van der Waals surface area (Å²) < 4.78 is 0. The van der Waals surface area contributed by atoms with Gasteiger partial charge in [0.1, 0.15) is 0 Å². The maximum absolute atomic E-state index is 5.50. The van der Waals surface area contributed by atoms with E-state index in [0.29, 0.717) is 6.54 Å². The van der Waals surface area contributed by atoms with Crippen LogP contribution < -0.4 is 5.73 Å². The number of hydrogen-bond acceptors (Lipinski definition) is 4. The molecule has 0 atom stereocenters. The quantitative estimate of drug-likeness (QED) is 0.726. The summed E-state index contributed by atoms with van der Waals surface area (Å²) in [6, 6.07) is 0. The Bertz CT molecular complexity index is 219. The maximum atomic E-state index is 5.50. The number of nitrogens with zero attached hydrogens (tertiary/aromatic N) is 2. The molecule has 0 aliphatic heterocycles. The molecule has 0 aliphatic carbocycles. The van der Waals surface area contributed by atoms with Crippen LogP contribution >= 0.6 is 11.3 Å². The molecule has 0 radical (unpaired) electrons. The van der Waals surface area contributed by atoms with Gasteiger partial charge in [-0.2, -0.15) is 0 Å². The van der Waals surface area contributed by atoms with Crippen molar-refractivity contribution in [1.29, 1.82) is 0 Å². The van der Waals surface area contributed by atoms with Gasteiger partial charge in [0, 0.05) is 18.0 Å². The van der Waals surface area contributed by atoms with Crippen molar-refractivity contribution in [3.05, 3.63) is 16.1 Å². The van der Waals surface area contributed by atoms with Gasteiger partial charge in [0.2, 0.25) is 0 Å². The van der Waals surface area contributed by atoms with Crippen LogP contribution in [0.4, 0.5) is 0 Å². The Morgan fingerprint density at radius 2 is 2.36 bits per heavy atom. The van der Waals surface area contributed by atoms with Gasteiger partial charge in [-0.05, 0) is 14.1 Å². The first-order valence-electron chi connectivity index (χ1n) is 3.50. The van der Waals surface area contributed by atoms with Crippen molar-refractivity contribution in [3.8, 4) is 0 Å². The van der Waals surface area contributed by atoms with E-state index >= 15 is 0 Å². The average molecular weight is 171 g/mol. The highest BCUT2D eigenvalue weighted by molar-refractivity contribution is 7.09. The van der Waals surface area contributed by atoms with Crippen molar-refractivity contribution in [3.63, 3.8) is 0 Å². The second kappa shape index (κ2) is 3.80. The molecule has 0 unspecified atom stereocenters. The first-order chi connectivity index (χ1) is 5.24. The van der Waals surface area contributed by atoms with E-state index in [2.05, 4.69) is 9.88 Å². The van der Waals surface area contributed by atoms with Gasteiger partial charge in [0.15, 0.2) is 0 Å². The van der Waals surface area contributed by atoms with Gasteiger partial charge < -0.3 is 10.6 Å². The molecule has 3 nitrogen and oxygen atoms in total. The van der Waals surface area contributed by atoms with E-state index < -0.39 is 0 Å². The summed E-state index contributed by atoms with van der Waals surface area (Å²) in [6.45, 7) is 1.49. The van der Waals surface area contributed by atoms with Gasteiger partial charge in [0.25, 0.3) is 0 Å². The van der Waals surface area contributed by atoms with Crippen LogP contribution in [-0.4, -0.2) is 24.0 Å². The molecule has 62 valence electrons. The summed E-state index contributed by atoms with van der Waals surface area (Å²) in [4.78, 5) is 7.55. The van der Waals surface area contributed by atoms with Gasteiger partial charge in [-0.3, -0.25) is 0 Å². The summed E-state index contributed by atoms with van der Waals surface area (Å²) in [7, 11) is 4.08. The molecular weight excluding hydrogens is 158 g/mol. The lowest BCUT2D eigenvalue weighted by atomic mass is 10.3. The first kappa shape index (κ1) is 8.64.